The first-order valence-electron chi connectivity index (χ1n) is 8.71. The average Bonchev–Trinajstić information content (AvgIpc) is 3.18. The number of anilines is 1. The highest BCUT2D eigenvalue weighted by atomic mass is 16.2. The van der Waals surface area contributed by atoms with Gasteiger partial charge in [-0.15, -0.1) is 5.10 Å². The van der Waals surface area contributed by atoms with Crippen molar-refractivity contribution in [3.63, 3.8) is 0 Å². The Hall–Kier alpha value is -3.73. The summed E-state index contributed by atoms with van der Waals surface area (Å²) in [5, 5.41) is 7.70. The summed E-state index contributed by atoms with van der Waals surface area (Å²) < 4.78 is 1.33. The topological polar surface area (TPSA) is 59.8 Å². The summed E-state index contributed by atoms with van der Waals surface area (Å²) in [6, 6.07) is 28.7. The minimum Gasteiger partial charge on any atom is -0.350 e. The van der Waals surface area contributed by atoms with Crippen LogP contribution in [0.5, 0.6) is 0 Å². The summed E-state index contributed by atoms with van der Waals surface area (Å²) in [4.78, 5) is 17.5. The molecule has 4 rings (SSSR count). The first kappa shape index (κ1) is 16.7. The van der Waals surface area contributed by atoms with Crippen LogP contribution in [0.1, 0.15) is 15.9 Å². The van der Waals surface area contributed by atoms with Crippen LogP contribution >= 0.6 is 0 Å². The Morgan fingerprint density at radius 2 is 1.41 bits per heavy atom. The van der Waals surface area contributed by atoms with Gasteiger partial charge in [-0.05, 0) is 17.7 Å². The normalized spacial score (nSPS) is 10.5. The molecule has 1 N–H and O–H groups in total. The molecule has 0 amide bonds. The Balaban J connectivity index is 1.69. The van der Waals surface area contributed by atoms with E-state index in [4.69, 9.17) is 0 Å². The number of carbonyl (C=O) groups is 1. The summed E-state index contributed by atoms with van der Waals surface area (Å²) in [5.74, 6) is 0.711. The molecule has 5 nitrogen and oxygen atoms in total. The quantitative estimate of drug-likeness (QED) is 0.582. The highest BCUT2D eigenvalue weighted by Gasteiger charge is 2.18. The molecule has 1 aromatic heterocycles. The van der Waals surface area contributed by atoms with Crippen molar-refractivity contribution >= 4 is 11.9 Å². The van der Waals surface area contributed by atoms with Gasteiger partial charge in [0.05, 0.1) is 0 Å². The molecule has 27 heavy (non-hydrogen) atoms. The third kappa shape index (κ3) is 3.77. The molecule has 0 aliphatic heterocycles. The van der Waals surface area contributed by atoms with Gasteiger partial charge in [0.2, 0.25) is 5.95 Å². The Labute approximate surface area is 157 Å². The number of nitrogens with zero attached hydrogens (tertiary/aromatic N) is 3. The van der Waals surface area contributed by atoms with Crippen LogP contribution in [0.2, 0.25) is 0 Å². The monoisotopic (exact) mass is 354 g/mol. The maximum Gasteiger partial charge on any atom is 0.281 e. The summed E-state index contributed by atoms with van der Waals surface area (Å²) in [6.07, 6.45) is 0. The number of hydrogen-bond donors (Lipinski definition) is 1. The molecule has 132 valence electrons. The van der Waals surface area contributed by atoms with Crippen LogP contribution < -0.4 is 5.32 Å². The van der Waals surface area contributed by atoms with E-state index in [1.54, 1.807) is 12.1 Å². The van der Waals surface area contributed by atoms with Crippen molar-refractivity contribution in [2.45, 2.75) is 6.54 Å². The number of carbonyl (C=O) groups excluding carboxylic acids is 1. The van der Waals surface area contributed by atoms with Gasteiger partial charge in [-0.2, -0.15) is 9.67 Å². The summed E-state index contributed by atoms with van der Waals surface area (Å²) in [6.45, 7) is 0.551. The lowest BCUT2D eigenvalue weighted by Crippen LogP contribution is -2.17. The van der Waals surface area contributed by atoms with E-state index in [0.717, 1.165) is 11.1 Å². The Morgan fingerprint density at radius 1 is 0.815 bits per heavy atom. The lowest BCUT2D eigenvalue weighted by Gasteiger charge is -2.07. The standard InChI is InChI=1S/C22H18N4O/c27-21(19-14-8-3-9-15-19)26-22(23-16-17-10-4-1-5-11-17)24-20(25-26)18-12-6-2-7-13-18/h1-15H,16H2,(H,23,24,25). The van der Waals surface area contributed by atoms with E-state index in [9.17, 15) is 4.79 Å². The molecule has 1 heterocycles. The Kier molecular flexibility index (Phi) is 4.74. The third-order valence-corrected chi connectivity index (χ3v) is 4.15. The van der Waals surface area contributed by atoms with E-state index in [2.05, 4.69) is 15.4 Å². The van der Waals surface area contributed by atoms with Crippen LogP contribution in [0, 0.1) is 0 Å². The molecule has 4 aromatic rings. The van der Waals surface area contributed by atoms with E-state index >= 15 is 0 Å². The van der Waals surface area contributed by atoms with Crippen LogP contribution in [0.4, 0.5) is 5.95 Å². The van der Waals surface area contributed by atoms with Crippen molar-refractivity contribution in [3.05, 3.63) is 102 Å². The predicted molar refractivity (Wildman–Crippen MR) is 105 cm³/mol. The van der Waals surface area contributed by atoms with Crippen LogP contribution in [-0.4, -0.2) is 20.7 Å². The van der Waals surface area contributed by atoms with E-state index < -0.39 is 0 Å². The summed E-state index contributed by atoms with van der Waals surface area (Å²) in [7, 11) is 0. The Morgan fingerprint density at radius 3 is 2.07 bits per heavy atom. The summed E-state index contributed by atoms with van der Waals surface area (Å²) >= 11 is 0. The fourth-order valence-corrected chi connectivity index (χ4v) is 2.76. The second kappa shape index (κ2) is 7.66. The molecule has 0 aliphatic rings. The number of hydrogen-bond acceptors (Lipinski definition) is 4. The predicted octanol–water partition coefficient (Wildman–Crippen LogP) is 4.25. The smallest absolute Gasteiger partial charge is 0.281 e. The third-order valence-electron chi connectivity index (χ3n) is 4.15. The van der Waals surface area contributed by atoms with Gasteiger partial charge in [-0.25, -0.2) is 0 Å². The van der Waals surface area contributed by atoms with Crippen LogP contribution in [0.3, 0.4) is 0 Å². The molecule has 0 aliphatic carbocycles. The molecular formula is C22H18N4O. The lowest BCUT2D eigenvalue weighted by atomic mass is 10.2. The molecule has 0 bridgehead atoms. The Bertz CT molecular complexity index is 1030. The van der Waals surface area contributed by atoms with Crippen molar-refractivity contribution in [2.24, 2.45) is 0 Å². The van der Waals surface area contributed by atoms with Gasteiger partial charge in [-0.3, -0.25) is 4.79 Å². The van der Waals surface area contributed by atoms with Gasteiger partial charge < -0.3 is 5.32 Å². The van der Waals surface area contributed by atoms with Gasteiger partial charge in [0.15, 0.2) is 5.82 Å². The fraction of sp³-hybridized carbons (Fsp3) is 0.0455. The lowest BCUT2D eigenvalue weighted by molar-refractivity contribution is 0.0947. The molecule has 0 atom stereocenters. The van der Waals surface area contributed by atoms with E-state index in [1.165, 1.54) is 4.68 Å². The zero-order valence-electron chi connectivity index (χ0n) is 14.6. The first-order chi connectivity index (χ1) is 13.3. The number of rotatable bonds is 5. The van der Waals surface area contributed by atoms with E-state index in [1.807, 2.05) is 78.9 Å². The van der Waals surface area contributed by atoms with Gasteiger partial charge in [-0.1, -0.05) is 78.9 Å². The SMILES string of the molecule is O=C(c1ccccc1)n1nc(-c2ccccc2)nc1NCc1ccccc1. The average molecular weight is 354 g/mol. The molecule has 0 saturated carbocycles. The second-order valence-electron chi connectivity index (χ2n) is 6.05. The zero-order valence-corrected chi connectivity index (χ0v) is 14.6. The minimum atomic E-state index is -0.221. The summed E-state index contributed by atoms with van der Waals surface area (Å²) in [5.41, 5.74) is 2.52. The minimum absolute atomic E-state index is 0.221. The van der Waals surface area contributed by atoms with Crippen LogP contribution in [-0.2, 0) is 6.54 Å². The molecule has 0 radical (unpaired) electrons. The van der Waals surface area contributed by atoms with Crippen molar-refractivity contribution < 1.29 is 4.79 Å². The van der Waals surface area contributed by atoms with E-state index in [-0.39, 0.29) is 5.91 Å². The molecule has 0 unspecified atom stereocenters. The highest BCUT2D eigenvalue weighted by Crippen LogP contribution is 2.19. The molecule has 0 saturated heterocycles. The van der Waals surface area contributed by atoms with E-state index in [0.29, 0.717) is 23.9 Å². The van der Waals surface area contributed by atoms with Crippen molar-refractivity contribution in [3.8, 4) is 11.4 Å². The zero-order chi connectivity index (χ0) is 18.5. The molecule has 0 fully saturated rings. The van der Waals surface area contributed by atoms with Crippen molar-refractivity contribution in [1.82, 2.24) is 14.8 Å². The fourth-order valence-electron chi connectivity index (χ4n) is 2.76. The van der Waals surface area contributed by atoms with Crippen molar-refractivity contribution in [2.75, 3.05) is 5.32 Å². The number of nitrogens with one attached hydrogen (secondary N) is 1. The second-order valence-corrected chi connectivity index (χ2v) is 6.05. The van der Waals surface area contributed by atoms with Crippen molar-refractivity contribution in [1.29, 1.82) is 0 Å². The van der Waals surface area contributed by atoms with Gasteiger partial charge in [0.25, 0.3) is 5.91 Å². The number of benzene rings is 3. The molecule has 3 aromatic carbocycles. The van der Waals surface area contributed by atoms with Crippen LogP contribution in [0.15, 0.2) is 91.0 Å². The maximum absolute atomic E-state index is 12.9. The van der Waals surface area contributed by atoms with Gasteiger partial charge >= 0.3 is 0 Å². The highest BCUT2D eigenvalue weighted by molar-refractivity contribution is 5.97. The van der Waals surface area contributed by atoms with Gasteiger partial charge in [0.1, 0.15) is 0 Å². The maximum atomic E-state index is 12.9. The molecular weight excluding hydrogens is 336 g/mol. The first-order valence-corrected chi connectivity index (χ1v) is 8.71. The molecule has 0 spiro atoms. The molecule has 5 heteroatoms. The number of aromatic nitrogens is 3. The largest absolute Gasteiger partial charge is 0.350 e. The van der Waals surface area contributed by atoms with Gasteiger partial charge in [0, 0.05) is 17.7 Å². The van der Waals surface area contributed by atoms with Crippen LogP contribution in [0.25, 0.3) is 11.4 Å².